The minimum Gasteiger partial charge on any atom is -0.368 e. The molecule has 4 atom stereocenters. The normalized spacial score (nSPS) is 32.3. The number of nitrogens with one attached hydrogen (secondary N) is 1. The van der Waals surface area contributed by atoms with Gasteiger partial charge in [0.05, 0.1) is 0 Å². The van der Waals surface area contributed by atoms with Crippen molar-refractivity contribution in [2.75, 3.05) is 13.1 Å². The molecule has 1 aliphatic rings. The lowest BCUT2D eigenvalue weighted by molar-refractivity contribution is -0.125. The minimum atomic E-state index is -0.654. The lowest BCUT2D eigenvalue weighted by Gasteiger charge is -2.45. The highest BCUT2D eigenvalue weighted by molar-refractivity contribution is 5.84. The van der Waals surface area contributed by atoms with Gasteiger partial charge >= 0.3 is 0 Å². The fraction of sp³-hybridized carbons (Fsp3) is 0.933. The fourth-order valence-electron chi connectivity index (χ4n) is 3.28. The highest BCUT2D eigenvalue weighted by atomic mass is 16.1. The van der Waals surface area contributed by atoms with Crippen molar-refractivity contribution < 1.29 is 4.79 Å². The summed E-state index contributed by atoms with van der Waals surface area (Å²) in [6.07, 6.45) is 1.27. The van der Waals surface area contributed by atoms with Gasteiger partial charge in [0.1, 0.15) is 5.54 Å². The van der Waals surface area contributed by atoms with Crippen LogP contribution in [0.25, 0.3) is 0 Å². The Kier molecular flexibility index (Phi) is 5.39. The molecule has 0 aromatic carbocycles. The van der Waals surface area contributed by atoms with Crippen LogP contribution in [-0.4, -0.2) is 41.5 Å². The second-order valence-electron chi connectivity index (χ2n) is 6.98. The molecule has 0 aromatic rings. The quantitative estimate of drug-likeness (QED) is 0.797. The third-order valence-corrected chi connectivity index (χ3v) is 4.39. The summed E-state index contributed by atoms with van der Waals surface area (Å²) in [5.41, 5.74) is 4.97. The van der Waals surface area contributed by atoms with E-state index in [1.807, 2.05) is 20.8 Å². The Hall–Kier alpha value is -0.610. The van der Waals surface area contributed by atoms with Crippen LogP contribution in [0.4, 0.5) is 0 Å². The van der Waals surface area contributed by atoms with Gasteiger partial charge in [0.25, 0.3) is 0 Å². The van der Waals surface area contributed by atoms with E-state index in [9.17, 15) is 4.79 Å². The van der Waals surface area contributed by atoms with E-state index in [0.29, 0.717) is 24.4 Å². The van der Waals surface area contributed by atoms with Gasteiger partial charge in [0, 0.05) is 25.2 Å². The molecule has 0 radical (unpaired) electrons. The van der Waals surface area contributed by atoms with Crippen LogP contribution in [0.15, 0.2) is 0 Å². The second-order valence-corrected chi connectivity index (χ2v) is 6.98. The zero-order valence-corrected chi connectivity index (χ0v) is 13.4. The summed E-state index contributed by atoms with van der Waals surface area (Å²) in [4.78, 5) is 14.2. The molecule has 0 saturated carbocycles. The summed E-state index contributed by atoms with van der Waals surface area (Å²) >= 11 is 0. The van der Waals surface area contributed by atoms with E-state index in [4.69, 9.17) is 5.73 Å². The average molecular weight is 269 g/mol. The molecule has 112 valence electrons. The molecule has 0 bridgehead atoms. The first kappa shape index (κ1) is 16.4. The summed E-state index contributed by atoms with van der Waals surface area (Å²) in [5, 5.41) is 3.34. The third kappa shape index (κ3) is 4.18. The van der Waals surface area contributed by atoms with E-state index < -0.39 is 5.54 Å². The van der Waals surface area contributed by atoms with Gasteiger partial charge in [-0.3, -0.25) is 9.69 Å². The number of primary amides is 1. The van der Waals surface area contributed by atoms with Crippen molar-refractivity contribution in [1.29, 1.82) is 0 Å². The second kappa shape index (κ2) is 6.23. The van der Waals surface area contributed by atoms with E-state index in [2.05, 4.69) is 31.0 Å². The first-order valence-electron chi connectivity index (χ1n) is 7.47. The Morgan fingerprint density at radius 3 is 2.47 bits per heavy atom. The molecule has 19 heavy (non-hydrogen) atoms. The predicted molar refractivity (Wildman–Crippen MR) is 79.9 cm³/mol. The Bertz CT molecular complexity index is 319. The van der Waals surface area contributed by atoms with Crippen molar-refractivity contribution >= 4 is 5.91 Å². The zero-order chi connectivity index (χ0) is 14.8. The van der Waals surface area contributed by atoms with Crippen molar-refractivity contribution in [2.45, 2.75) is 65.6 Å². The zero-order valence-electron chi connectivity index (χ0n) is 13.4. The first-order chi connectivity index (χ1) is 8.65. The average Bonchev–Trinajstić information content (AvgIpc) is 2.23. The molecule has 1 fully saturated rings. The number of nitrogens with two attached hydrogens (primary N) is 1. The molecule has 3 N–H and O–H groups in total. The first-order valence-corrected chi connectivity index (χ1v) is 7.47. The molecular formula is C15H31N3O. The fourth-order valence-corrected chi connectivity index (χ4v) is 3.28. The maximum atomic E-state index is 11.8. The molecule has 0 spiro atoms. The predicted octanol–water partition coefficient (Wildman–Crippen LogP) is 1.59. The van der Waals surface area contributed by atoms with Crippen LogP contribution in [0.1, 0.15) is 48.0 Å². The van der Waals surface area contributed by atoms with Gasteiger partial charge < -0.3 is 11.1 Å². The number of hydrogen-bond donors (Lipinski definition) is 2. The molecule has 4 unspecified atom stereocenters. The highest BCUT2D eigenvalue weighted by Crippen LogP contribution is 2.28. The van der Waals surface area contributed by atoms with Crippen LogP contribution in [0.3, 0.4) is 0 Å². The number of piperidine rings is 1. The SMILES string of the molecule is CC1CC(C)C(C)N(CC(C)(NC(C)C)C(N)=O)C1. The van der Waals surface area contributed by atoms with E-state index in [1.165, 1.54) is 6.42 Å². The van der Waals surface area contributed by atoms with Gasteiger partial charge in [0.2, 0.25) is 5.91 Å². The van der Waals surface area contributed by atoms with Crippen LogP contribution < -0.4 is 11.1 Å². The van der Waals surface area contributed by atoms with Crippen LogP contribution >= 0.6 is 0 Å². The maximum Gasteiger partial charge on any atom is 0.238 e. The van der Waals surface area contributed by atoms with Crippen molar-refractivity contribution in [3.8, 4) is 0 Å². The topological polar surface area (TPSA) is 58.4 Å². The number of rotatable bonds is 5. The standard InChI is InChI=1S/C15H31N3O/c1-10(2)17-15(6,14(16)19)9-18-8-11(3)7-12(4)13(18)5/h10-13,17H,7-9H2,1-6H3,(H2,16,19). The number of carbonyl (C=O) groups excluding carboxylic acids is 1. The maximum absolute atomic E-state index is 11.8. The van der Waals surface area contributed by atoms with Gasteiger partial charge in [-0.25, -0.2) is 0 Å². The molecule has 1 aliphatic heterocycles. The molecule has 0 aliphatic carbocycles. The molecule has 4 heteroatoms. The van der Waals surface area contributed by atoms with Crippen LogP contribution in [0, 0.1) is 11.8 Å². The summed E-state index contributed by atoms with van der Waals surface area (Å²) in [5.74, 6) is 1.08. The number of likely N-dealkylation sites (tertiary alicyclic amines) is 1. The van der Waals surface area contributed by atoms with Crippen LogP contribution in [0.5, 0.6) is 0 Å². The van der Waals surface area contributed by atoms with Crippen molar-refractivity contribution in [2.24, 2.45) is 17.6 Å². The number of hydrogen-bond acceptors (Lipinski definition) is 3. The molecule has 1 saturated heterocycles. The van der Waals surface area contributed by atoms with Crippen molar-refractivity contribution in [3.63, 3.8) is 0 Å². The molecule has 4 nitrogen and oxygen atoms in total. The molecular weight excluding hydrogens is 238 g/mol. The van der Waals surface area contributed by atoms with Crippen LogP contribution in [-0.2, 0) is 4.79 Å². The number of amides is 1. The van der Waals surface area contributed by atoms with E-state index in [-0.39, 0.29) is 11.9 Å². The van der Waals surface area contributed by atoms with E-state index >= 15 is 0 Å². The highest BCUT2D eigenvalue weighted by Gasteiger charge is 2.38. The summed E-state index contributed by atoms with van der Waals surface area (Å²) in [7, 11) is 0. The van der Waals surface area contributed by atoms with Crippen molar-refractivity contribution in [1.82, 2.24) is 10.2 Å². The van der Waals surface area contributed by atoms with Gasteiger partial charge in [-0.1, -0.05) is 13.8 Å². The third-order valence-electron chi connectivity index (χ3n) is 4.39. The molecule has 1 amide bonds. The Labute approximate surface area is 118 Å². The van der Waals surface area contributed by atoms with E-state index in [0.717, 1.165) is 6.54 Å². The molecule has 1 heterocycles. The summed E-state index contributed by atoms with van der Waals surface area (Å²) in [6, 6.07) is 0.747. The summed E-state index contributed by atoms with van der Waals surface area (Å²) < 4.78 is 0. The molecule has 0 aromatic heterocycles. The smallest absolute Gasteiger partial charge is 0.238 e. The lowest BCUT2D eigenvalue weighted by atomic mass is 9.84. The van der Waals surface area contributed by atoms with Gasteiger partial charge in [0.15, 0.2) is 0 Å². The Morgan fingerprint density at radius 1 is 1.42 bits per heavy atom. The van der Waals surface area contributed by atoms with Crippen LogP contribution in [0.2, 0.25) is 0 Å². The minimum absolute atomic E-state index is 0.243. The number of nitrogens with zero attached hydrogens (tertiary/aromatic N) is 1. The Morgan fingerprint density at radius 2 is 2.00 bits per heavy atom. The van der Waals surface area contributed by atoms with E-state index in [1.54, 1.807) is 0 Å². The lowest BCUT2D eigenvalue weighted by Crippen LogP contribution is -2.63. The largest absolute Gasteiger partial charge is 0.368 e. The summed E-state index contributed by atoms with van der Waals surface area (Å²) in [6.45, 7) is 14.6. The van der Waals surface area contributed by atoms with Gasteiger partial charge in [-0.2, -0.15) is 0 Å². The Balaban J connectivity index is 2.80. The van der Waals surface area contributed by atoms with Gasteiger partial charge in [-0.05, 0) is 46.0 Å². The monoisotopic (exact) mass is 269 g/mol. The van der Waals surface area contributed by atoms with Crippen molar-refractivity contribution in [3.05, 3.63) is 0 Å². The van der Waals surface area contributed by atoms with Gasteiger partial charge in [-0.15, -0.1) is 0 Å². The number of carbonyl (C=O) groups is 1. The molecule has 1 rings (SSSR count).